The summed E-state index contributed by atoms with van der Waals surface area (Å²) in [6, 6.07) is 1.99. The zero-order valence-corrected chi connectivity index (χ0v) is 11.9. The van der Waals surface area contributed by atoms with E-state index >= 15 is 0 Å². The fourth-order valence-corrected chi connectivity index (χ4v) is 2.69. The molecule has 0 bridgehead atoms. The number of carbonyl (C=O) groups is 1. The van der Waals surface area contributed by atoms with Crippen LogP contribution in [0, 0.1) is 6.92 Å². The molecule has 2 aromatic rings. The van der Waals surface area contributed by atoms with Crippen LogP contribution in [0.3, 0.4) is 0 Å². The number of aromatic nitrogens is 4. The van der Waals surface area contributed by atoms with E-state index in [2.05, 4.69) is 20.0 Å². The van der Waals surface area contributed by atoms with E-state index in [4.69, 9.17) is 5.11 Å². The van der Waals surface area contributed by atoms with Gasteiger partial charge in [-0.1, -0.05) is 0 Å². The number of anilines is 1. The lowest BCUT2D eigenvalue weighted by Crippen LogP contribution is -2.34. The molecule has 1 N–H and O–H groups in total. The summed E-state index contributed by atoms with van der Waals surface area (Å²) in [6.07, 6.45) is 2.42. The summed E-state index contributed by atoms with van der Waals surface area (Å²) in [5.74, 6) is 0.783. The number of carboxylic acid groups (broad SMARTS) is 1. The van der Waals surface area contributed by atoms with Gasteiger partial charge >= 0.3 is 5.97 Å². The van der Waals surface area contributed by atoms with Crippen LogP contribution in [-0.4, -0.2) is 68.3 Å². The topological polar surface area (TPSA) is 86.9 Å². The zero-order valence-electron chi connectivity index (χ0n) is 11.9. The first-order valence-corrected chi connectivity index (χ1v) is 7.00. The lowest BCUT2D eigenvalue weighted by atomic mass is 10.3. The molecule has 0 amide bonds. The van der Waals surface area contributed by atoms with E-state index < -0.39 is 5.97 Å². The van der Waals surface area contributed by atoms with Crippen molar-refractivity contribution in [2.75, 3.05) is 37.6 Å². The third-order valence-electron chi connectivity index (χ3n) is 3.63. The van der Waals surface area contributed by atoms with E-state index in [1.165, 1.54) is 6.33 Å². The summed E-state index contributed by atoms with van der Waals surface area (Å²) in [4.78, 5) is 23.5. The quantitative estimate of drug-likeness (QED) is 0.853. The zero-order chi connectivity index (χ0) is 14.8. The van der Waals surface area contributed by atoms with Crippen molar-refractivity contribution in [2.45, 2.75) is 13.3 Å². The van der Waals surface area contributed by atoms with Crippen molar-refractivity contribution in [3.8, 4) is 0 Å². The molecule has 1 aliphatic rings. The second kappa shape index (κ2) is 5.65. The normalized spacial score (nSPS) is 17.1. The van der Waals surface area contributed by atoms with Gasteiger partial charge in [0.15, 0.2) is 0 Å². The van der Waals surface area contributed by atoms with E-state index in [9.17, 15) is 4.79 Å². The Kier molecular flexibility index (Phi) is 3.70. The van der Waals surface area contributed by atoms with Crippen LogP contribution in [0.5, 0.6) is 0 Å². The minimum Gasteiger partial charge on any atom is -0.480 e. The van der Waals surface area contributed by atoms with Crippen molar-refractivity contribution in [1.29, 1.82) is 0 Å². The molecule has 3 heterocycles. The summed E-state index contributed by atoms with van der Waals surface area (Å²) in [7, 11) is 0. The SMILES string of the molecule is Cc1cc(N2CCCN(CC(=O)O)CC2)n2ncnc2n1. The maximum Gasteiger partial charge on any atom is 0.317 e. The predicted octanol–water partition coefficient (Wildman–Crippen LogP) is 0.0294. The first-order valence-electron chi connectivity index (χ1n) is 7.00. The van der Waals surface area contributed by atoms with Gasteiger partial charge in [0, 0.05) is 37.9 Å². The van der Waals surface area contributed by atoms with Crippen molar-refractivity contribution in [3.63, 3.8) is 0 Å². The highest BCUT2D eigenvalue weighted by Gasteiger charge is 2.19. The number of rotatable bonds is 3. The van der Waals surface area contributed by atoms with Crippen molar-refractivity contribution >= 4 is 17.6 Å². The molecule has 0 aliphatic carbocycles. The molecule has 0 spiro atoms. The van der Waals surface area contributed by atoms with Crippen LogP contribution in [0.4, 0.5) is 5.82 Å². The van der Waals surface area contributed by atoms with E-state index in [0.29, 0.717) is 5.78 Å². The van der Waals surface area contributed by atoms with Crippen molar-refractivity contribution < 1.29 is 9.90 Å². The van der Waals surface area contributed by atoms with Crippen LogP contribution >= 0.6 is 0 Å². The van der Waals surface area contributed by atoms with Gasteiger partial charge in [-0.3, -0.25) is 9.69 Å². The maximum atomic E-state index is 10.8. The lowest BCUT2D eigenvalue weighted by Gasteiger charge is -2.23. The van der Waals surface area contributed by atoms with Gasteiger partial charge in [0.05, 0.1) is 6.54 Å². The Bertz CT molecular complexity index is 655. The monoisotopic (exact) mass is 290 g/mol. The van der Waals surface area contributed by atoms with Crippen molar-refractivity contribution in [1.82, 2.24) is 24.5 Å². The smallest absolute Gasteiger partial charge is 0.317 e. The van der Waals surface area contributed by atoms with Crippen LogP contribution in [-0.2, 0) is 4.79 Å². The number of fused-ring (bicyclic) bond motifs is 1. The van der Waals surface area contributed by atoms with Crippen LogP contribution in [0.1, 0.15) is 12.1 Å². The number of aryl methyl sites for hydroxylation is 1. The molecular formula is C13H18N6O2. The molecule has 112 valence electrons. The second-order valence-corrected chi connectivity index (χ2v) is 5.24. The molecule has 0 aromatic carbocycles. The predicted molar refractivity (Wildman–Crippen MR) is 76.4 cm³/mol. The average Bonchev–Trinajstić information content (AvgIpc) is 2.77. The highest BCUT2D eigenvalue weighted by atomic mass is 16.4. The molecule has 3 rings (SSSR count). The fourth-order valence-electron chi connectivity index (χ4n) is 2.69. The van der Waals surface area contributed by atoms with Gasteiger partial charge in [0.2, 0.25) is 0 Å². The number of carboxylic acids is 1. The molecule has 0 saturated carbocycles. The fraction of sp³-hybridized carbons (Fsp3) is 0.538. The molecule has 21 heavy (non-hydrogen) atoms. The minimum atomic E-state index is -0.776. The van der Waals surface area contributed by atoms with E-state index in [1.54, 1.807) is 4.52 Å². The van der Waals surface area contributed by atoms with Crippen molar-refractivity contribution in [3.05, 3.63) is 18.1 Å². The molecule has 1 aliphatic heterocycles. The Hall–Kier alpha value is -2.22. The van der Waals surface area contributed by atoms with E-state index in [-0.39, 0.29) is 6.54 Å². The molecule has 8 nitrogen and oxygen atoms in total. The molecule has 2 aromatic heterocycles. The van der Waals surface area contributed by atoms with Gasteiger partial charge in [-0.15, -0.1) is 0 Å². The largest absolute Gasteiger partial charge is 0.480 e. The highest BCUT2D eigenvalue weighted by Crippen LogP contribution is 2.17. The lowest BCUT2D eigenvalue weighted by molar-refractivity contribution is -0.138. The van der Waals surface area contributed by atoms with E-state index in [1.807, 2.05) is 17.9 Å². The standard InChI is InChI=1S/C13H18N6O2/c1-10-7-11(19-13(16-10)14-9-15-19)18-4-2-3-17(5-6-18)8-12(20)21/h7,9H,2-6,8H2,1H3,(H,20,21). The van der Waals surface area contributed by atoms with Gasteiger partial charge in [-0.2, -0.15) is 14.6 Å². The van der Waals surface area contributed by atoms with Crippen molar-refractivity contribution in [2.24, 2.45) is 0 Å². The maximum absolute atomic E-state index is 10.8. The highest BCUT2D eigenvalue weighted by molar-refractivity contribution is 5.69. The van der Waals surface area contributed by atoms with Crippen LogP contribution in [0.2, 0.25) is 0 Å². The van der Waals surface area contributed by atoms with Crippen LogP contribution < -0.4 is 4.90 Å². The summed E-state index contributed by atoms with van der Waals surface area (Å²) in [6.45, 7) is 5.20. The average molecular weight is 290 g/mol. The number of nitrogens with zero attached hydrogens (tertiary/aromatic N) is 6. The first kappa shape index (κ1) is 13.7. The summed E-state index contributed by atoms with van der Waals surface area (Å²) in [5, 5.41) is 13.1. The molecule has 0 atom stereocenters. The third-order valence-corrected chi connectivity index (χ3v) is 3.63. The number of hydrogen-bond donors (Lipinski definition) is 1. The Morgan fingerprint density at radius 3 is 3.00 bits per heavy atom. The molecular weight excluding hydrogens is 272 g/mol. The minimum absolute atomic E-state index is 0.0992. The summed E-state index contributed by atoms with van der Waals surface area (Å²) >= 11 is 0. The molecule has 0 unspecified atom stereocenters. The molecule has 8 heteroatoms. The third kappa shape index (κ3) is 2.94. The van der Waals surface area contributed by atoms with Gasteiger partial charge in [-0.05, 0) is 13.3 Å². The van der Waals surface area contributed by atoms with Gasteiger partial charge < -0.3 is 10.0 Å². The van der Waals surface area contributed by atoms with Crippen LogP contribution in [0.25, 0.3) is 5.78 Å². The molecule has 0 radical (unpaired) electrons. The Labute approximate surface area is 122 Å². The van der Waals surface area contributed by atoms with Crippen LogP contribution in [0.15, 0.2) is 12.4 Å². The Morgan fingerprint density at radius 1 is 1.33 bits per heavy atom. The van der Waals surface area contributed by atoms with Gasteiger partial charge in [0.25, 0.3) is 5.78 Å². The molecule has 1 saturated heterocycles. The summed E-state index contributed by atoms with van der Waals surface area (Å²) < 4.78 is 1.74. The van der Waals surface area contributed by atoms with Gasteiger partial charge in [-0.25, -0.2) is 4.98 Å². The molecule has 1 fully saturated rings. The van der Waals surface area contributed by atoms with Gasteiger partial charge in [0.1, 0.15) is 12.1 Å². The van der Waals surface area contributed by atoms with E-state index in [0.717, 1.165) is 44.1 Å². The first-order chi connectivity index (χ1) is 10.1. The Balaban J connectivity index is 1.82. The summed E-state index contributed by atoms with van der Waals surface area (Å²) in [5.41, 5.74) is 0.900. The Morgan fingerprint density at radius 2 is 2.19 bits per heavy atom. The number of hydrogen-bond acceptors (Lipinski definition) is 6. The second-order valence-electron chi connectivity index (χ2n) is 5.24. The number of aliphatic carboxylic acids is 1.